The molecule has 0 saturated heterocycles. The zero-order chi connectivity index (χ0) is 17.8. The average molecular weight is 339 g/mol. The standard InChI is InChI=1S/C18H30O4Si/c1-8-21-16(19)15(17(20)22-9-2)14-12-13(23(5,6)7)10-11-18(14,3)4/h10-12,14-15H,8-9H2,1-7H3/t14-/m0/s1. The molecule has 4 nitrogen and oxygen atoms in total. The van der Waals surface area contributed by atoms with E-state index in [-0.39, 0.29) is 24.5 Å². The molecule has 1 atom stereocenters. The minimum atomic E-state index is -1.54. The van der Waals surface area contributed by atoms with Crippen molar-refractivity contribution in [3.8, 4) is 0 Å². The van der Waals surface area contributed by atoms with Crippen molar-refractivity contribution in [2.75, 3.05) is 13.2 Å². The molecular formula is C18H30O4Si. The maximum atomic E-state index is 12.4. The molecule has 0 N–H and O–H groups in total. The highest BCUT2D eigenvalue weighted by atomic mass is 28.3. The van der Waals surface area contributed by atoms with Gasteiger partial charge in [-0.3, -0.25) is 9.59 Å². The molecule has 0 aliphatic heterocycles. The predicted molar refractivity (Wildman–Crippen MR) is 94.6 cm³/mol. The first-order chi connectivity index (χ1) is 10.5. The summed E-state index contributed by atoms with van der Waals surface area (Å²) in [6, 6.07) is 0. The molecule has 0 heterocycles. The van der Waals surface area contributed by atoms with E-state index in [9.17, 15) is 9.59 Å². The summed E-state index contributed by atoms with van der Waals surface area (Å²) < 4.78 is 10.3. The second-order valence-electron chi connectivity index (χ2n) is 7.53. The van der Waals surface area contributed by atoms with Crippen LogP contribution < -0.4 is 0 Å². The molecule has 0 bridgehead atoms. The molecule has 1 aliphatic rings. The number of carbonyl (C=O) groups excluding carboxylic acids is 2. The molecule has 130 valence electrons. The van der Waals surface area contributed by atoms with Gasteiger partial charge in [0.2, 0.25) is 0 Å². The van der Waals surface area contributed by atoms with Crippen LogP contribution in [0.4, 0.5) is 0 Å². The van der Waals surface area contributed by atoms with Crippen LogP contribution in [0.1, 0.15) is 27.7 Å². The van der Waals surface area contributed by atoms with Gasteiger partial charge in [-0.1, -0.05) is 56.9 Å². The van der Waals surface area contributed by atoms with Crippen molar-refractivity contribution in [1.82, 2.24) is 0 Å². The van der Waals surface area contributed by atoms with Gasteiger partial charge >= 0.3 is 11.9 Å². The molecule has 0 aromatic rings. The summed E-state index contributed by atoms with van der Waals surface area (Å²) in [6.07, 6.45) is 6.36. The zero-order valence-electron chi connectivity index (χ0n) is 15.4. The Bertz CT molecular complexity index is 494. The molecule has 5 heteroatoms. The highest BCUT2D eigenvalue weighted by Gasteiger charge is 2.45. The van der Waals surface area contributed by atoms with Crippen molar-refractivity contribution in [3.05, 3.63) is 23.4 Å². The van der Waals surface area contributed by atoms with E-state index in [1.807, 2.05) is 13.8 Å². The largest absolute Gasteiger partial charge is 0.465 e. The van der Waals surface area contributed by atoms with Crippen LogP contribution in [0.2, 0.25) is 19.6 Å². The molecule has 0 saturated carbocycles. The molecular weight excluding hydrogens is 308 g/mol. The van der Waals surface area contributed by atoms with Crippen LogP contribution in [0.3, 0.4) is 0 Å². The van der Waals surface area contributed by atoms with Gasteiger partial charge < -0.3 is 9.47 Å². The SMILES string of the molecule is CCOC(=O)C(C(=O)OCC)[C@@H]1C=C([Si](C)(C)C)C=CC1(C)C. The molecule has 23 heavy (non-hydrogen) atoms. The molecule has 0 fully saturated rings. The summed E-state index contributed by atoms with van der Waals surface area (Å²) in [5.41, 5.74) is -0.312. The average Bonchev–Trinajstić information content (AvgIpc) is 2.40. The van der Waals surface area contributed by atoms with Crippen molar-refractivity contribution < 1.29 is 19.1 Å². The fraction of sp³-hybridized carbons (Fsp3) is 0.667. The minimum absolute atomic E-state index is 0.252. The van der Waals surface area contributed by atoms with E-state index in [0.29, 0.717) is 0 Å². The van der Waals surface area contributed by atoms with E-state index in [2.05, 4.69) is 37.9 Å². The lowest BCUT2D eigenvalue weighted by Gasteiger charge is -2.38. The maximum Gasteiger partial charge on any atom is 0.320 e. The van der Waals surface area contributed by atoms with Crippen LogP contribution >= 0.6 is 0 Å². The second kappa shape index (κ2) is 7.47. The molecule has 0 aromatic heterocycles. The summed E-state index contributed by atoms with van der Waals surface area (Å²) in [5, 5.41) is 1.25. The summed E-state index contributed by atoms with van der Waals surface area (Å²) in [5.74, 6) is -2.16. The summed E-state index contributed by atoms with van der Waals surface area (Å²) in [4.78, 5) is 24.9. The van der Waals surface area contributed by atoms with E-state index < -0.39 is 25.9 Å². The molecule has 0 spiro atoms. The second-order valence-corrected chi connectivity index (χ2v) is 12.6. The van der Waals surface area contributed by atoms with Gasteiger partial charge in [0, 0.05) is 5.92 Å². The van der Waals surface area contributed by atoms with E-state index in [4.69, 9.17) is 9.47 Å². The lowest BCUT2D eigenvalue weighted by molar-refractivity contribution is -0.165. The first kappa shape index (κ1) is 19.7. The quantitative estimate of drug-likeness (QED) is 0.420. The van der Waals surface area contributed by atoms with Crippen molar-refractivity contribution in [2.45, 2.75) is 47.3 Å². The van der Waals surface area contributed by atoms with E-state index in [0.717, 1.165) is 0 Å². The minimum Gasteiger partial charge on any atom is -0.465 e. The Hall–Kier alpha value is -1.36. The smallest absolute Gasteiger partial charge is 0.320 e. The molecule has 0 amide bonds. The first-order valence-corrected chi connectivity index (χ1v) is 11.8. The van der Waals surface area contributed by atoms with Crippen LogP contribution in [0.25, 0.3) is 0 Å². The number of ether oxygens (including phenoxy) is 2. The Morgan fingerprint density at radius 2 is 1.61 bits per heavy atom. The number of rotatable bonds is 6. The van der Waals surface area contributed by atoms with E-state index in [1.165, 1.54) is 5.20 Å². The third-order valence-electron chi connectivity index (χ3n) is 4.22. The van der Waals surface area contributed by atoms with Crippen LogP contribution in [-0.4, -0.2) is 33.2 Å². The van der Waals surface area contributed by atoms with Gasteiger partial charge in [0.25, 0.3) is 0 Å². The van der Waals surface area contributed by atoms with Crippen molar-refractivity contribution in [2.24, 2.45) is 17.3 Å². The number of allylic oxidation sites excluding steroid dienone is 4. The topological polar surface area (TPSA) is 52.6 Å². The van der Waals surface area contributed by atoms with Gasteiger partial charge in [0.1, 0.15) is 0 Å². The van der Waals surface area contributed by atoms with Crippen LogP contribution in [0.15, 0.2) is 23.4 Å². The van der Waals surface area contributed by atoms with Gasteiger partial charge in [-0.15, -0.1) is 0 Å². The Kier molecular flexibility index (Phi) is 6.39. The fourth-order valence-electron chi connectivity index (χ4n) is 2.76. The number of hydrogen-bond acceptors (Lipinski definition) is 4. The Morgan fingerprint density at radius 1 is 1.13 bits per heavy atom. The predicted octanol–water partition coefficient (Wildman–Crippen LogP) is 3.74. The van der Waals surface area contributed by atoms with Gasteiger partial charge in [-0.05, 0) is 19.3 Å². The third kappa shape index (κ3) is 4.80. The van der Waals surface area contributed by atoms with Crippen molar-refractivity contribution in [1.29, 1.82) is 0 Å². The fourth-order valence-corrected chi connectivity index (χ4v) is 4.02. The van der Waals surface area contributed by atoms with Gasteiger partial charge in [-0.25, -0.2) is 0 Å². The zero-order valence-corrected chi connectivity index (χ0v) is 16.4. The molecule has 1 rings (SSSR count). The Morgan fingerprint density at radius 3 is 2.00 bits per heavy atom. The van der Waals surface area contributed by atoms with Crippen LogP contribution in [0.5, 0.6) is 0 Å². The summed E-state index contributed by atoms with van der Waals surface area (Å²) in [7, 11) is -1.54. The first-order valence-electron chi connectivity index (χ1n) is 8.29. The van der Waals surface area contributed by atoms with Gasteiger partial charge in [0.15, 0.2) is 5.92 Å². The normalized spacial score (nSPS) is 20.2. The lowest BCUT2D eigenvalue weighted by Crippen LogP contribution is -2.42. The Labute approximate surface area is 140 Å². The van der Waals surface area contributed by atoms with Gasteiger partial charge in [-0.2, -0.15) is 0 Å². The maximum absolute atomic E-state index is 12.4. The number of carbonyl (C=O) groups is 2. The summed E-state index contributed by atoms with van der Waals surface area (Å²) in [6.45, 7) is 14.8. The van der Waals surface area contributed by atoms with E-state index in [1.54, 1.807) is 13.8 Å². The van der Waals surface area contributed by atoms with Crippen molar-refractivity contribution >= 4 is 20.0 Å². The lowest BCUT2D eigenvalue weighted by atomic mass is 9.69. The van der Waals surface area contributed by atoms with Crippen LogP contribution in [0, 0.1) is 17.3 Å². The highest BCUT2D eigenvalue weighted by Crippen LogP contribution is 2.42. The van der Waals surface area contributed by atoms with Crippen LogP contribution in [-0.2, 0) is 19.1 Å². The van der Waals surface area contributed by atoms with E-state index >= 15 is 0 Å². The van der Waals surface area contributed by atoms with Gasteiger partial charge in [0.05, 0.1) is 21.3 Å². The molecule has 0 radical (unpaired) electrons. The number of hydrogen-bond donors (Lipinski definition) is 0. The monoisotopic (exact) mass is 338 g/mol. The Balaban J connectivity index is 3.29. The molecule has 0 unspecified atom stereocenters. The third-order valence-corrected chi connectivity index (χ3v) is 6.28. The highest BCUT2D eigenvalue weighted by molar-refractivity contribution is 6.83. The molecule has 1 aliphatic carbocycles. The number of esters is 2. The summed E-state index contributed by atoms with van der Waals surface area (Å²) >= 11 is 0. The molecule has 0 aromatic carbocycles. The van der Waals surface area contributed by atoms with Crippen molar-refractivity contribution in [3.63, 3.8) is 0 Å².